The van der Waals surface area contributed by atoms with Gasteiger partial charge in [0.2, 0.25) is 0 Å². The maximum absolute atomic E-state index is 16.2. The number of methoxy groups -OCH3 is 1. The van der Waals surface area contributed by atoms with Gasteiger partial charge in [-0.05, 0) is 41.6 Å². The van der Waals surface area contributed by atoms with E-state index in [1.807, 2.05) is 0 Å². The van der Waals surface area contributed by atoms with Crippen molar-refractivity contribution in [1.82, 2.24) is 9.97 Å². The summed E-state index contributed by atoms with van der Waals surface area (Å²) in [5, 5.41) is 11.7. The number of phenols is 1. The molecule has 4 aromatic rings. The average molecular weight is 475 g/mol. The second kappa shape index (κ2) is 9.01. The van der Waals surface area contributed by atoms with Crippen molar-refractivity contribution in [3.8, 4) is 35.2 Å². The lowest BCUT2D eigenvalue weighted by molar-refractivity contribution is 0.0926. The third-order valence-electron chi connectivity index (χ3n) is 6.41. The third kappa shape index (κ3) is 3.78. The van der Waals surface area contributed by atoms with Crippen LogP contribution < -0.4 is 9.64 Å². The molecule has 0 spiro atoms. The van der Waals surface area contributed by atoms with Gasteiger partial charge in [0.25, 0.3) is 0 Å². The topological polar surface area (TPSA) is 67.7 Å². The molecule has 0 radical (unpaired) electrons. The number of aromatic hydroxyl groups is 1. The van der Waals surface area contributed by atoms with E-state index in [4.69, 9.17) is 15.9 Å². The molecule has 0 aliphatic carbocycles. The Kier molecular flexibility index (Phi) is 5.87. The molecule has 2 heterocycles. The van der Waals surface area contributed by atoms with Crippen LogP contribution in [-0.2, 0) is 4.74 Å². The molecular weight excluding hydrogens is 452 g/mol. The van der Waals surface area contributed by atoms with Gasteiger partial charge in [-0.1, -0.05) is 25.0 Å². The van der Waals surface area contributed by atoms with Gasteiger partial charge in [-0.2, -0.15) is 9.97 Å². The van der Waals surface area contributed by atoms with E-state index >= 15 is 4.39 Å². The van der Waals surface area contributed by atoms with E-state index in [1.54, 1.807) is 12.1 Å². The van der Waals surface area contributed by atoms with Crippen LogP contribution in [0.2, 0.25) is 0 Å². The molecule has 5 rings (SSSR count). The van der Waals surface area contributed by atoms with Crippen LogP contribution in [0, 0.1) is 24.0 Å². The molecule has 1 aromatic heterocycles. The number of halogens is 2. The Labute approximate surface area is 201 Å². The van der Waals surface area contributed by atoms with Crippen molar-refractivity contribution < 1.29 is 23.4 Å². The first kappa shape index (κ1) is 22.8. The number of fused-ring (bicyclic) bond motifs is 2. The van der Waals surface area contributed by atoms with Crippen LogP contribution in [0.5, 0.6) is 11.8 Å². The Balaban J connectivity index is 1.80. The van der Waals surface area contributed by atoms with Gasteiger partial charge in [-0.25, -0.2) is 8.78 Å². The zero-order chi connectivity index (χ0) is 24.7. The summed E-state index contributed by atoms with van der Waals surface area (Å²) in [6, 6.07) is 8.99. The molecule has 1 saturated heterocycles. The molecule has 1 unspecified atom stereocenters. The van der Waals surface area contributed by atoms with Crippen LogP contribution in [0.1, 0.15) is 18.9 Å². The molecule has 1 atom stereocenters. The molecule has 178 valence electrons. The number of morpholine rings is 1. The van der Waals surface area contributed by atoms with Gasteiger partial charge in [0.1, 0.15) is 22.9 Å². The first-order chi connectivity index (χ1) is 17.0. The van der Waals surface area contributed by atoms with E-state index in [9.17, 15) is 9.50 Å². The number of aromatic nitrogens is 2. The fourth-order valence-electron chi connectivity index (χ4n) is 4.69. The van der Waals surface area contributed by atoms with Crippen LogP contribution in [0.3, 0.4) is 0 Å². The van der Waals surface area contributed by atoms with Crippen molar-refractivity contribution in [2.75, 3.05) is 31.8 Å². The van der Waals surface area contributed by atoms with Gasteiger partial charge in [0.05, 0.1) is 31.9 Å². The van der Waals surface area contributed by atoms with Crippen LogP contribution in [-0.4, -0.2) is 48.0 Å². The Hall–Kier alpha value is -3.96. The molecule has 1 N–H and O–H groups in total. The minimum atomic E-state index is -0.648. The normalized spacial score (nSPS) is 16.0. The van der Waals surface area contributed by atoms with Crippen molar-refractivity contribution in [2.24, 2.45) is 0 Å². The number of ether oxygens (including phenoxy) is 2. The van der Waals surface area contributed by atoms with E-state index in [-0.39, 0.29) is 40.0 Å². The number of hydrogen-bond acceptors (Lipinski definition) is 6. The molecule has 1 aliphatic heterocycles. The van der Waals surface area contributed by atoms with Crippen molar-refractivity contribution in [3.63, 3.8) is 0 Å². The average Bonchev–Trinajstić information content (AvgIpc) is 2.88. The highest BCUT2D eigenvalue weighted by Crippen LogP contribution is 2.40. The Bertz CT molecular complexity index is 1500. The van der Waals surface area contributed by atoms with Crippen molar-refractivity contribution in [3.05, 3.63) is 53.6 Å². The first-order valence-corrected chi connectivity index (χ1v) is 11.3. The summed E-state index contributed by atoms with van der Waals surface area (Å²) in [4.78, 5) is 10.9. The molecule has 1 fully saturated rings. The SMILES string of the molecule is C#Cc1c(F)ccc2cc(O)cc(-c3ccc4c(N5CCOCC5CC)nc(OC)nc4c3F)c12. The van der Waals surface area contributed by atoms with Gasteiger partial charge in [-0.3, -0.25) is 0 Å². The van der Waals surface area contributed by atoms with Gasteiger partial charge >= 0.3 is 6.01 Å². The van der Waals surface area contributed by atoms with Crippen LogP contribution in [0.25, 0.3) is 32.8 Å². The number of rotatable bonds is 4. The molecular formula is C27H23F2N3O3. The highest BCUT2D eigenvalue weighted by atomic mass is 19.1. The summed E-state index contributed by atoms with van der Waals surface area (Å²) in [7, 11) is 1.42. The number of benzene rings is 3. The van der Waals surface area contributed by atoms with Gasteiger partial charge in [-0.15, -0.1) is 6.42 Å². The fraction of sp³-hybridized carbons (Fsp3) is 0.259. The van der Waals surface area contributed by atoms with Gasteiger partial charge < -0.3 is 19.5 Å². The smallest absolute Gasteiger partial charge is 0.318 e. The minimum absolute atomic E-state index is 0.00272. The summed E-state index contributed by atoms with van der Waals surface area (Å²) in [6.45, 7) is 3.72. The van der Waals surface area contributed by atoms with Gasteiger partial charge in [0.15, 0.2) is 5.82 Å². The van der Waals surface area contributed by atoms with Crippen molar-refractivity contribution in [2.45, 2.75) is 19.4 Å². The predicted octanol–water partition coefficient (Wildman–Crippen LogP) is 5.04. The maximum atomic E-state index is 16.2. The molecule has 35 heavy (non-hydrogen) atoms. The van der Waals surface area contributed by atoms with Crippen LogP contribution in [0.4, 0.5) is 14.6 Å². The largest absolute Gasteiger partial charge is 0.508 e. The van der Waals surface area contributed by atoms with Crippen molar-refractivity contribution in [1.29, 1.82) is 0 Å². The molecule has 0 bridgehead atoms. The zero-order valence-electron chi connectivity index (χ0n) is 19.3. The fourth-order valence-corrected chi connectivity index (χ4v) is 4.69. The second-order valence-corrected chi connectivity index (χ2v) is 8.35. The van der Waals surface area contributed by atoms with Crippen LogP contribution >= 0.6 is 0 Å². The molecule has 0 amide bonds. The number of phenolic OH excluding ortho intramolecular Hbond substituents is 1. The Morgan fingerprint density at radius 2 is 2.03 bits per heavy atom. The summed E-state index contributed by atoms with van der Waals surface area (Å²) in [5.41, 5.74) is 0.447. The monoisotopic (exact) mass is 475 g/mol. The highest BCUT2D eigenvalue weighted by molar-refractivity contribution is 6.04. The third-order valence-corrected chi connectivity index (χ3v) is 6.41. The first-order valence-electron chi connectivity index (χ1n) is 11.3. The minimum Gasteiger partial charge on any atom is -0.508 e. The summed E-state index contributed by atoms with van der Waals surface area (Å²) in [5.74, 6) is 1.58. The Morgan fingerprint density at radius 3 is 2.77 bits per heavy atom. The summed E-state index contributed by atoms with van der Waals surface area (Å²) in [6.07, 6.45) is 6.42. The lowest BCUT2D eigenvalue weighted by atomic mass is 9.93. The number of anilines is 1. The molecule has 1 aliphatic rings. The quantitative estimate of drug-likeness (QED) is 0.417. The summed E-state index contributed by atoms with van der Waals surface area (Å²) >= 11 is 0. The van der Waals surface area contributed by atoms with E-state index in [0.717, 1.165) is 6.42 Å². The zero-order valence-corrected chi connectivity index (χ0v) is 19.3. The molecule has 3 aromatic carbocycles. The van der Waals surface area contributed by atoms with Crippen LogP contribution in [0.15, 0.2) is 36.4 Å². The number of nitrogens with zero attached hydrogens (tertiary/aromatic N) is 3. The number of hydrogen-bond donors (Lipinski definition) is 1. The van der Waals surface area contributed by atoms with E-state index in [2.05, 4.69) is 27.7 Å². The van der Waals surface area contributed by atoms with E-state index < -0.39 is 11.6 Å². The second-order valence-electron chi connectivity index (χ2n) is 8.35. The van der Waals surface area contributed by atoms with E-state index in [0.29, 0.717) is 41.7 Å². The van der Waals surface area contributed by atoms with E-state index in [1.165, 1.54) is 31.4 Å². The lowest BCUT2D eigenvalue weighted by Gasteiger charge is -2.36. The van der Waals surface area contributed by atoms with Gasteiger partial charge in [0, 0.05) is 22.9 Å². The maximum Gasteiger partial charge on any atom is 0.318 e. The summed E-state index contributed by atoms with van der Waals surface area (Å²) < 4.78 is 41.6. The number of terminal acetylenes is 1. The van der Waals surface area contributed by atoms with Crippen molar-refractivity contribution >= 4 is 27.5 Å². The highest BCUT2D eigenvalue weighted by Gasteiger charge is 2.27. The predicted molar refractivity (Wildman–Crippen MR) is 131 cm³/mol. The lowest BCUT2D eigenvalue weighted by Crippen LogP contribution is -2.45. The molecule has 0 saturated carbocycles. The molecule has 8 heteroatoms. The standard InChI is InChI=1S/C27H23F2N3O3/c1-4-16-14-35-11-10-32(16)26-20-8-7-19(24(29)25(20)30-27(31-26)34-3)21-13-17(33)12-15-6-9-22(28)18(5-2)23(15)21/h2,6-9,12-13,16,33H,4,10-11,14H2,1,3H3. The Morgan fingerprint density at radius 1 is 1.20 bits per heavy atom. The molecule has 6 nitrogen and oxygen atoms in total.